The number of esters is 1. The van der Waals surface area contributed by atoms with Crippen LogP contribution in [0.1, 0.15) is 53.6 Å². The zero-order valence-electron chi connectivity index (χ0n) is 15.6. The molecule has 2 aromatic rings. The summed E-state index contributed by atoms with van der Waals surface area (Å²) in [6.07, 6.45) is 3.86. The SMILES string of the molecule is CCC[SiH]1CCC(c2ccc(C(=O)Oc3ccc(C#N)c(F)c3)cc2)CC1. The number of benzene rings is 2. The fourth-order valence-electron chi connectivity index (χ4n) is 3.90. The lowest BCUT2D eigenvalue weighted by Gasteiger charge is -2.27. The van der Waals surface area contributed by atoms with Crippen LogP contribution in [-0.2, 0) is 0 Å². The molecule has 5 heteroatoms. The molecule has 0 bridgehead atoms. The Kier molecular flexibility index (Phi) is 6.41. The summed E-state index contributed by atoms with van der Waals surface area (Å²) in [5.41, 5.74) is 1.66. The van der Waals surface area contributed by atoms with E-state index >= 15 is 0 Å². The molecule has 0 aliphatic carbocycles. The molecule has 140 valence electrons. The third kappa shape index (κ3) is 4.84. The first kappa shape index (κ1) is 19.3. The average molecular weight is 382 g/mol. The van der Waals surface area contributed by atoms with Gasteiger partial charge in [-0.2, -0.15) is 5.26 Å². The molecule has 0 unspecified atom stereocenters. The van der Waals surface area contributed by atoms with Gasteiger partial charge < -0.3 is 4.74 Å². The molecule has 1 fully saturated rings. The smallest absolute Gasteiger partial charge is 0.343 e. The van der Waals surface area contributed by atoms with Gasteiger partial charge in [-0.15, -0.1) is 0 Å². The highest BCUT2D eigenvalue weighted by Crippen LogP contribution is 2.35. The molecule has 1 aliphatic heterocycles. The van der Waals surface area contributed by atoms with Gasteiger partial charge in [-0.05, 0) is 48.6 Å². The van der Waals surface area contributed by atoms with Crippen molar-refractivity contribution in [2.45, 2.75) is 50.2 Å². The van der Waals surface area contributed by atoms with Crippen LogP contribution in [0.5, 0.6) is 5.75 Å². The zero-order chi connectivity index (χ0) is 19.2. The highest BCUT2D eigenvalue weighted by molar-refractivity contribution is 6.59. The lowest BCUT2D eigenvalue weighted by Crippen LogP contribution is -2.20. The van der Waals surface area contributed by atoms with Gasteiger partial charge in [0, 0.05) is 14.9 Å². The minimum absolute atomic E-state index is 0.0733. The van der Waals surface area contributed by atoms with E-state index in [1.807, 2.05) is 12.1 Å². The normalized spacial score (nSPS) is 19.3. The predicted molar refractivity (Wildman–Crippen MR) is 106 cm³/mol. The van der Waals surface area contributed by atoms with Crippen molar-refractivity contribution in [3.63, 3.8) is 0 Å². The van der Waals surface area contributed by atoms with E-state index in [4.69, 9.17) is 10.00 Å². The second-order valence-electron chi connectivity index (χ2n) is 7.27. The van der Waals surface area contributed by atoms with Crippen molar-refractivity contribution in [2.75, 3.05) is 0 Å². The Labute approximate surface area is 161 Å². The first-order valence-electron chi connectivity index (χ1n) is 9.62. The summed E-state index contributed by atoms with van der Waals surface area (Å²) in [6, 6.07) is 17.4. The van der Waals surface area contributed by atoms with Crippen LogP contribution in [0.3, 0.4) is 0 Å². The van der Waals surface area contributed by atoms with Crippen molar-refractivity contribution in [3.05, 3.63) is 65.0 Å². The van der Waals surface area contributed by atoms with E-state index in [0.717, 1.165) is 6.07 Å². The Morgan fingerprint density at radius 1 is 1.22 bits per heavy atom. The Hall–Kier alpha value is -2.45. The molecule has 0 atom stereocenters. The van der Waals surface area contributed by atoms with Gasteiger partial charge in [-0.3, -0.25) is 0 Å². The van der Waals surface area contributed by atoms with E-state index in [2.05, 4.69) is 6.92 Å². The predicted octanol–water partition coefficient (Wildman–Crippen LogP) is 5.43. The van der Waals surface area contributed by atoms with Crippen LogP contribution in [0.15, 0.2) is 42.5 Å². The van der Waals surface area contributed by atoms with Gasteiger partial charge in [0.15, 0.2) is 0 Å². The monoisotopic (exact) mass is 381 g/mol. The van der Waals surface area contributed by atoms with E-state index in [0.29, 0.717) is 11.5 Å². The second-order valence-corrected chi connectivity index (χ2v) is 10.7. The maximum absolute atomic E-state index is 13.6. The number of carbonyl (C=O) groups excluding carboxylic acids is 1. The highest BCUT2D eigenvalue weighted by atomic mass is 28.3. The molecule has 0 saturated carbocycles. The summed E-state index contributed by atoms with van der Waals surface area (Å²) < 4.78 is 18.9. The molecule has 0 spiro atoms. The van der Waals surface area contributed by atoms with Crippen molar-refractivity contribution >= 4 is 14.8 Å². The summed E-state index contributed by atoms with van der Waals surface area (Å²) in [5.74, 6) is -0.520. The average Bonchev–Trinajstić information content (AvgIpc) is 2.69. The Bertz CT molecular complexity index is 836. The molecule has 3 nitrogen and oxygen atoms in total. The van der Waals surface area contributed by atoms with Crippen LogP contribution in [0, 0.1) is 17.1 Å². The molecular formula is C22H24FNO2Si. The maximum Gasteiger partial charge on any atom is 0.343 e. The Morgan fingerprint density at radius 2 is 1.93 bits per heavy atom. The van der Waals surface area contributed by atoms with Gasteiger partial charge in [0.25, 0.3) is 0 Å². The molecule has 0 amide bonds. The van der Waals surface area contributed by atoms with Crippen molar-refractivity contribution < 1.29 is 13.9 Å². The number of rotatable bonds is 5. The minimum Gasteiger partial charge on any atom is -0.423 e. The van der Waals surface area contributed by atoms with Crippen molar-refractivity contribution in [3.8, 4) is 11.8 Å². The Balaban J connectivity index is 1.61. The topological polar surface area (TPSA) is 50.1 Å². The largest absolute Gasteiger partial charge is 0.423 e. The Morgan fingerprint density at radius 3 is 2.52 bits per heavy atom. The van der Waals surface area contributed by atoms with E-state index < -0.39 is 20.6 Å². The third-order valence-electron chi connectivity index (χ3n) is 5.43. The summed E-state index contributed by atoms with van der Waals surface area (Å²) in [6.45, 7) is 2.28. The highest BCUT2D eigenvalue weighted by Gasteiger charge is 2.23. The first-order chi connectivity index (χ1) is 13.1. The maximum atomic E-state index is 13.6. The molecule has 1 heterocycles. The summed E-state index contributed by atoms with van der Waals surface area (Å²) in [7, 11) is -0.490. The van der Waals surface area contributed by atoms with Crippen LogP contribution in [0.25, 0.3) is 0 Å². The van der Waals surface area contributed by atoms with Crippen molar-refractivity contribution in [1.29, 1.82) is 5.26 Å². The number of nitriles is 1. The minimum atomic E-state index is -0.694. The van der Waals surface area contributed by atoms with Crippen molar-refractivity contribution in [2.24, 2.45) is 0 Å². The molecule has 3 rings (SSSR count). The number of halogens is 1. The van der Waals surface area contributed by atoms with Crippen LogP contribution in [0.4, 0.5) is 4.39 Å². The van der Waals surface area contributed by atoms with Crippen molar-refractivity contribution in [1.82, 2.24) is 0 Å². The summed E-state index contributed by atoms with van der Waals surface area (Å²) in [5, 5.41) is 8.75. The van der Waals surface area contributed by atoms with Crippen LogP contribution >= 0.6 is 0 Å². The molecule has 1 saturated heterocycles. The fraction of sp³-hybridized carbons (Fsp3) is 0.364. The van der Waals surface area contributed by atoms with Crippen LogP contribution in [-0.4, -0.2) is 14.8 Å². The molecule has 0 radical (unpaired) electrons. The lowest BCUT2D eigenvalue weighted by molar-refractivity contribution is 0.0734. The van der Waals surface area contributed by atoms with Gasteiger partial charge in [0.1, 0.15) is 17.6 Å². The van der Waals surface area contributed by atoms with Gasteiger partial charge in [0.05, 0.1) is 11.1 Å². The molecule has 2 aromatic carbocycles. The van der Waals surface area contributed by atoms with Crippen LogP contribution < -0.4 is 4.74 Å². The molecular weight excluding hydrogens is 357 g/mol. The third-order valence-corrected chi connectivity index (χ3v) is 9.13. The zero-order valence-corrected chi connectivity index (χ0v) is 16.7. The van der Waals surface area contributed by atoms with E-state index in [-0.39, 0.29) is 11.3 Å². The number of carbonyl (C=O) groups is 1. The first-order valence-corrected chi connectivity index (χ1v) is 12.1. The van der Waals surface area contributed by atoms with Gasteiger partial charge in [-0.25, -0.2) is 9.18 Å². The number of ether oxygens (including phenoxy) is 1. The summed E-state index contributed by atoms with van der Waals surface area (Å²) >= 11 is 0. The van der Waals surface area contributed by atoms with Gasteiger partial charge in [0.2, 0.25) is 0 Å². The summed E-state index contributed by atoms with van der Waals surface area (Å²) in [4.78, 5) is 12.3. The van der Waals surface area contributed by atoms with E-state index in [9.17, 15) is 9.18 Å². The molecule has 27 heavy (non-hydrogen) atoms. The quantitative estimate of drug-likeness (QED) is 0.394. The van der Waals surface area contributed by atoms with E-state index in [1.165, 1.54) is 55.1 Å². The number of nitrogens with zero attached hydrogens (tertiary/aromatic N) is 1. The standard InChI is InChI=1S/C22H24FNO2Si/c1-2-11-27-12-9-17(10-13-27)16-3-5-18(6-4-16)22(25)26-20-8-7-19(15-24)21(23)14-20/h3-8,14,17,27H,2,9-13H2,1H3. The second kappa shape index (κ2) is 8.96. The van der Waals surface area contributed by atoms with E-state index in [1.54, 1.807) is 18.2 Å². The molecule has 0 aromatic heterocycles. The van der Waals surface area contributed by atoms with Gasteiger partial charge >= 0.3 is 5.97 Å². The number of hydrogen-bond acceptors (Lipinski definition) is 3. The van der Waals surface area contributed by atoms with Crippen LogP contribution in [0.2, 0.25) is 18.1 Å². The van der Waals surface area contributed by atoms with Gasteiger partial charge in [-0.1, -0.05) is 43.6 Å². The fourth-order valence-corrected chi connectivity index (χ4v) is 7.33. The lowest BCUT2D eigenvalue weighted by atomic mass is 9.93. The molecule has 1 aliphatic rings. The molecule has 0 N–H and O–H groups in total. The number of hydrogen-bond donors (Lipinski definition) is 0.